The van der Waals surface area contributed by atoms with E-state index in [2.05, 4.69) is 17.3 Å². The molecule has 1 aliphatic rings. The molecule has 0 unspecified atom stereocenters. The van der Waals surface area contributed by atoms with E-state index >= 15 is 0 Å². The Morgan fingerprint density at radius 3 is 2.63 bits per heavy atom. The molecule has 2 rings (SSSR count). The van der Waals surface area contributed by atoms with Gasteiger partial charge in [-0.2, -0.15) is 0 Å². The number of nitrogens with one attached hydrogen (secondary N) is 1. The van der Waals surface area contributed by atoms with Crippen LogP contribution in [0.4, 0.5) is 0 Å². The Bertz CT molecular complexity index is 399. The molecule has 0 bridgehead atoms. The van der Waals surface area contributed by atoms with E-state index in [1.807, 2.05) is 30.3 Å². The molecule has 1 aromatic rings. The third-order valence-electron chi connectivity index (χ3n) is 3.70. The van der Waals surface area contributed by atoms with Gasteiger partial charge < -0.3 is 16.0 Å². The third-order valence-corrected chi connectivity index (χ3v) is 3.70. The van der Waals surface area contributed by atoms with Crippen LogP contribution >= 0.6 is 0 Å². The largest absolute Gasteiger partial charge is 0.352 e. The lowest BCUT2D eigenvalue weighted by Gasteiger charge is -2.30. The highest BCUT2D eigenvalue weighted by atomic mass is 16.2. The minimum absolute atomic E-state index is 0.0293. The molecule has 0 aromatic heterocycles. The molecule has 1 saturated heterocycles. The van der Waals surface area contributed by atoms with Gasteiger partial charge in [0.25, 0.3) is 0 Å². The van der Waals surface area contributed by atoms with Crippen LogP contribution in [0.2, 0.25) is 0 Å². The zero-order valence-electron chi connectivity index (χ0n) is 11.5. The van der Waals surface area contributed by atoms with Crippen molar-refractivity contribution in [3.63, 3.8) is 0 Å². The molecule has 4 heteroatoms. The van der Waals surface area contributed by atoms with Crippen molar-refractivity contribution in [1.82, 2.24) is 10.2 Å². The smallest absolute Gasteiger partial charge is 0.237 e. The second-order valence-corrected chi connectivity index (χ2v) is 5.38. The van der Waals surface area contributed by atoms with Crippen molar-refractivity contribution < 1.29 is 4.79 Å². The summed E-state index contributed by atoms with van der Waals surface area (Å²) in [6.45, 7) is 2.08. The van der Waals surface area contributed by atoms with Gasteiger partial charge in [-0.3, -0.25) is 4.79 Å². The van der Waals surface area contributed by atoms with Gasteiger partial charge in [0.2, 0.25) is 5.91 Å². The standard InChI is InChI=1S/C15H23N3O/c1-18-9-7-13(8-10-18)17-15(19)14(16)11-12-5-3-2-4-6-12/h2-6,13-14H,7-11,16H2,1H3,(H,17,19)/t14-/m0/s1. The average Bonchev–Trinajstić information content (AvgIpc) is 2.42. The van der Waals surface area contributed by atoms with E-state index < -0.39 is 6.04 Å². The molecule has 0 radical (unpaired) electrons. The Labute approximate surface area is 115 Å². The molecule has 3 N–H and O–H groups in total. The first-order valence-electron chi connectivity index (χ1n) is 6.93. The number of rotatable bonds is 4. The Hall–Kier alpha value is -1.39. The third kappa shape index (κ3) is 4.33. The molecule has 4 nitrogen and oxygen atoms in total. The number of piperidine rings is 1. The molecule has 1 amide bonds. The molecule has 0 aliphatic carbocycles. The number of carbonyl (C=O) groups is 1. The number of amides is 1. The van der Waals surface area contributed by atoms with E-state index in [0.29, 0.717) is 6.42 Å². The fourth-order valence-corrected chi connectivity index (χ4v) is 2.42. The molecule has 19 heavy (non-hydrogen) atoms. The quantitative estimate of drug-likeness (QED) is 0.841. The van der Waals surface area contributed by atoms with E-state index in [1.165, 1.54) is 0 Å². The number of hydrogen-bond acceptors (Lipinski definition) is 3. The Kier molecular flexibility index (Phi) is 4.93. The van der Waals surface area contributed by atoms with Gasteiger partial charge in [-0.1, -0.05) is 30.3 Å². The molecular weight excluding hydrogens is 238 g/mol. The SMILES string of the molecule is CN1CCC(NC(=O)[C@@H](N)Cc2ccccc2)CC1. The lowest BCUT2D eigenvalue weighted by atomic mass is 10.0. The van der Waals surface area contributed by atoms with E-state index in [4.69, 9.17) is 5.73 Å². The predicted octanol–water partition coefficient (Wildman–Crippen LogP) is 0.767. The fraction of sp³-hybridized carbons (Fsp3) is 0.533. The van der Waals surface area contributed by atoms with Crippen LogP contribution in [-0.2, 0) is 11.2 Å². The highest BCUT2D eigenvalue weighted by molar-refractivity contribution is 5.82. The molecule has 104 valence electrons. The van der Waals surface area contributed by atoms with Gasteiger partial charge in [-0.05, 0) is 45.0 Å². The van der Waals surface area contributed by atoms with Gasteiger partial charge in [0.15, 0.2) is 0 Å². The molecule has 1 aromatic carbocycles. The average molecular weight is 261 g/mol. The van der Waals surface area contributed by atoms with Crippen LogP contribution in [-0.4, -0.2) is 43.0 Å². The minimum atomic E-state index is -0.456. The Morgan fingerprint density at radius 2 is 2.00 bits per heavy atom. The summed E-state index contributed by atoms with van der Waals surface area (Å²) in [5, 5.41) is 3.07. The van der Waals surface area contributed by atoms with Gasteiger partial charge in [0, 0.05) is 6.04 Å². The van der Waals surface area contributed by atoms with E-state index in [1.54, 1.807) is 0 Å². The van der Waals surface area contributed by atoms with Crippen molar-refractivity contribution >= 4 is 5.91 Å². The maximum atomic E-state index is 12.0. The summed E-state index contributed by atoms with van der Waals surface area (Å²) in [6, 6.07) is 9.74. The minimum Gasteiger partial charge on any atom is -0.352 e. The van der Waals surface area contributed by atoms with Crippen LogP contribution in [0.3, 0.4) is 0 Å². The van der Waals surface area contributed by atoms with Crippen molar-refractivity contribution in [3.05, 3.63) is 35.9 Å². The second-order valence-electron chi connectivity index (χ2n) is 5.38. The Morgan fingerprint density at radius 1 is 1.37 bits per heavy atom. The maximum Gasteiger partial charge on any atom is 0.237 e. The van der Waals surface area contributed by atoms with Crippen molar-refractivity contribution in [2.45, 2.75) is 31.3 Å². The monoisotopic (exact) mass is 261 g/mol. The molecule has 1 atom stereocenters. The molecular formula is C15H23N3O. The summed E-state index contributed by atoms with van der Waals surface area (Å²) in [5.41, 5.74) is 7.08. The number of nitrogens with zero attached hydrogens (tertiary/aromatic N) is 1. The number of benzene rings is 1. The van der Waals surface area contributed by atoms with Crippen molar-refractivity contribution in [1.29, 1.82) is 0 Å². The van der Waals surface area contributed by atoms with Crippen LogP contribution < -0.4 is 11.1 Å². The lowest BCUT2D eigenvalue weighted by Crippen LogP contribution is -2.49. The molecule has 0 saturated carbocycles. The van der Waals surface area contributed by atoms with Gasteiger partial charge in [0.05, 0.1) is 6.04 Å². The summed E-state index contributed by atoms with van der Waals surface area (Å²) in [6.07, 6.45) is 2.62. The number of hydrogen-bond donors (Lipinski definition) is 2. The van der Waals surface area contributed by atoms with Gasteiger partial charge in [0.1, 0.15) is 0 Å². The zero-order chi connectivity index (χ0) is 13.7. The Balaban J connectivity index is 1.79. The fourth-order valence-electron chi connectivity index (χ4n) is 2.42. The van der Waals surface area contributed by atoms with Crippen molar-refractivity contribution in [3.8, 4) is 0 Å². The van der Waals surface area contributed by atoms with Gasteiger partial charge >= 0.3 is 0 Å². The van der Waals surface area contributed by atoms with Crippen molar-refractivity contribution in [2.75, 3.05) is 20.1 Å². The van der Waals surface area contributed by atoms with E-state index in [0.717, 1.165) is 31.5 Å². The highest BCUT2D eigenvalue weighted by Gasteiger charge is 2.21. The summed E-state index contributed by atoms with van der Waals surface area (Å²) >= 11 is 0. The summed E-state index contributed by atoms with van der Waals surface area (Å²) in [7, 11) is 2.11. The highest BCUT2D eigenvalue weighted by Crippen LogP contribution is 2.09. The second kappa shape index (κ2) is 6.68. The summed E-state index contributed by atoms with van der Waals surface area (Å²) in [5.74, 6) is -0.0293. The summed E-state index contributed by atoms with van der Waals surface area (Å²) < 4.78 is 0. The van der Waals surface area contributed by atoms with Crippen LogP contribution in [0.25, 0.3) is 0 Å². The number of carbonyl (C=O) groups excluding carboxylic acids is 1. The van der Waals surface area contributed by atoms with Crippen molar-refractivity contribution in [2.24, 2.45) is 5.73 Å². The molecule has 1 fully saturated rings. The maximum absolute atomic E-state index is 12.0. The van der Waals surface area contributed by atoms with Gasteiger partial charge in [-0.25, -0.2) is 0 Å². The van der Waals surface area contributed by atoms with E-state index in [9.17, 15) is 4.79 Å². The molecule has 0 spiro atoms. The first-order chi connectivity index (χ1) is 9.15. The molecule has 1 aliphatic heterocycles. The number of nitrogens with two attached hydrogens (primary N) is 1. The van der Waals surface area contributed by atoms with Gasteiger partial charge in [-0.15, -0.1) is 0 Å². The summed E-state index contributed by atoms with van der Waals surface area (Å²) in [4.78, 5) is 14.3. The van der Waals surface area contributed by atoms with Crippen LogP contribution in [0.5, 0.6) is 0 Å². The normalized spacial score (nSPS) is 19.1. The van der Waals surface area contributed by atoms with Crippen LogP contribution in [0.15, 0.2) is 30.3 Å². The first kappa shape index (κ1) is 14.0. The topological polar surface area (TPSA) is 58.4 Å². The zero-order valence-corrected chi connectivity index (χ0v) is 11.5. The van der Waals surface area contributed by atoms with Crippen LogP contribution in [0.1, 0.15) is 18.4 Å². The lowest BCUT2D eigenvalue weighted by molar-refractivity contribution is -0.123. The van der Waals surface area contributed by atoms with Crippen LogP contribution in [0, 0.1) is 0 Å². The molecule has 1 heterocycles. The number of likely N-dealkylation sites (tertiary alicyclic amines) is 1. The predicted molar refractivity (Wildman–Crippen MR) is 76.8 cm³/mol. The first-order valence-corrected chi connectivity index (χ1v) is 6.93. The van der Waals surface area contributed by atoms with E-state index in [-0.39, 0.29) is 11.9 Å².